The number of sulfonamides is 1. The number of carbonyl (C=O) groups excluding carboxylic acids is 1. The molecule has 114 valence electrons. The summed E-state index contributed by atoms with van der Waals surface area (Å²) in [5, 5.41) is 0. The first-order valence-corrected chi connectivity index (χ1v) is 8.34. The van der Waals surface area contributed by atoms with E-state index >= 15 is 0 Å². The standard InChI is InChI=1S/C14H18N2O4S/c1-20-12-7-11-8-15(10-14(17)16(11)9-12)21(18,19)13-5-3-2-4-6-13/h2-6,11-12H,7-10H2,1H3/t11-,12-/m0/s1. The van der Waals surface area contributed by atoms with Crippen molar-refractivity contribution < 1.29 is 17.9 Å². The van der Waals surface area contributed by atoms with Gasteiger partial charge in [-0.1, -0.05) is 18.2 Å². The van der Waals surface area contributed by atoms with Crippen LogP contribution >= 0.6 is 0 Å². The van der Waals surface area contributed by atoms with Crippen molar-refractivity contribution in [3.05, 3.63) is 30.3 Å². The Balaban J connectivity index is 1.84. The van der Waals surface area contributed by atoms with Crippen LogP contribution in [-0.4, -0.2) is 62.4 Å². The van der Waals surface area contributed by atoms with Crippen LogP contribution in [-0.2, 0) is 19.6 Å². The largest absolute Gasteiger partial charge is 0.380 e. The van der Waals surface area contributed by atoms with Crippen LogP contribution in [0.5, 0.6) is 0 Å². The topological polar surface area (TPSA) is 66.9 Å². The zero-order valence-corrected chi connectivity index (χ0v) is 12.6. The molecule has 2 aliphatic rings. The van der Waals surface area contributed by atoms with Gasteiger partial charge in [-0.2, -0.15) is 4.31 Å². The van der Waals surface area contributed by atoms with E-state index < -0.39 is 10.0 Å². The summed E-state index contributed by atoms with van der Waals surface area (Å²) in [5.41, 5.74) is 0. The van der Waals surface area contributed by atoms with E-state index in [1.807, 2.05) is 0 Å². The van der Waals surface area contributed by atoms with Crippen LogP contribution in [0.2, 0.25) is 0 Å². The quantitative estimate of drug-likeness (QED) is 0.806. The molecule has 7 heteroatoms. The van der Waals surface area contributed by atoms with Gasteiger partial charge in [0.2, 0.25) is 15.9 Å². The maximum Gasteiger partial charge on any atom is 0.243 e. The molecule has 0 N–H and O–H groups in total. The summed E-state index contributed by atoms with van der Waals surface area (Å²) in [6, 6.07) is 8.15. The van der Waals surface area contributed by atoms with Crippen molar-refractivity contribution in [1.29, 1.82) is 0 Å². The second-order valence-electron chi connectivity index (χ2n) is 5.40. The third-order valence-electron chi connectivity index (χ3n) is 4.14. The average molecular weight is 310 g/mol. The van der Waals surface area contributed by atoms with E-state index in [0.29, 0.717) is 19.5 Å². The molecule has 1 amide bonds. The molecule has 2 aliphatic heterocycles. The van der Waals surface area contributed by atoms with Crippen molar-refractivity contribution in [2.75, 3.05) is 26.7 Å². The van der Waals surface area contributed by atoms with Crippen LogP contribution in [0.1, 0.15) is 6.42 Å². The van der Waals surface area contributed by atoms with Gasteiger partial charge in [-0.15, -0.1) is 0 Å². The van der Waals surface area contributed by atoms with Crippen molar-refractivity contribution in [2.45, 2.75) is 23.5 Å². The van der Waals surface area contributed by atoms with E-state index in [1.54, 1.807) is 42.3 Å². The molecule has 0 aromatic heterocycles. The Morgan fingerprint density at radius 3 is 2.57 bits per heavy atom. The third-order valence-corrected chi connectivity index (χ3v) is 5.96. The Labute approximate surface area is 124 Å². The number of amides is 1. The summed E-state index contributed by atoms with van der Waals surface area (Å²) in [5.74, 6) is -0.148. The first-order valence-electron chi connectivity index (χ1n) is 6.90. The molecule has 21 heavy (non-hydrogen) atoms. The smallest absolute Gasteiger partial charge is 0.243 e. The number of nitrogens with zero attached hydrogens (tertiary/aromatic N) is 2. The van der Waals surface area contributed by atoms with Crippen molar-refractivity contribution >= 4 is 15.9 Å². The number of carbonyl (C=O) groups is 1. The summed E-state index contributed by atoms with van der Waals surface area (Å²) >= 11 is 0. The fraction of sp³-hybridized carbons (Fsp3) is 0.500. The summed E-state index contributed by atoms with van der Waals surface area (Å²) in [4.78, 5) is 14.2. The SMILES string of the molecule is CO[C@H]1C[C@H]2CN(S(=O)(=O)c3ccccc3)CC(=O)N2C1. The van der Waals surface area contributed by atoms with Gasteiger partial charge in [0.15, 0.2) is 0 Å². The van der Waals surface area contributed by atoms with Gasteiger partial charge in [0.1, 0.15) is 0 Å². The monoisotopic (exact) mass is 310 g/mol. The third kappa shape index (κ3) is 2.56. The number of hydrogen-bond donors (Lipinski definition) is 0. The van der Waals surface area contributed by atoms with Crippen LogP contribution in [0.3, 0.4) is 0 Å². The molecule has 0 bridgehead atoms. The fourth-order valence-corrected chi connectivity index (χ4v) is 4.44. The average Bonchev–Trinajstić information content (AvgIpc) is 2.92. The van der Waals surface area contributed by atoms with E-state index in [0.717, 1.165) is 0 Å². The van der Waals surface area contributed by atoms with Crippen LogP contribution in [0.15, 0.2) is 35.2 Å². The summed E-state index contributed by atoms with van der Waals surface area (Å²) in [7, 11) is -2.00. The molecular formula is C14H18N2O4S. The van der Waals surface area contributed by atoms with Gasteiger partial charge in [-0.05, 0) is 18.6 Å². The first kappa shape index (κ1) is 14.5. The van der Waals surface area contributed by atoms with Crippen molar-refractivity contribution in [2.24, 2.45) is 0 Å². The lowest BCUT2D eigenvalue weighted by Gasteiger charge is -2.36. The Bertz CT molecular complexity index is 632. The Morgan fingerprint density at radius 1 is 1.19 bits per heavy atom. The van der Waals surface area contributed by atoms with Gasteiger partial charge < -0.3 is 9.64 Å². The van der Waals surface area contributed by atoms with Crippen molar-refractivity contribution in [1.82, 2.24) is 9.21 Å². The minimum Gasteiger partial charge on any atom is -0.380 e. The lowest BCUT2D eigenvalue weighted by Crippen LogP contribution is -2.55. The maximum atomic E-state index is 12.6. The second-order valence-corrected chi connectivity index (χ2v) is 7.34. The fourth-order valence-electron chi connectivity index (χ4n) is 2.99. The van der Waals surface area contributed by atoms with Gasteiger partial charge in [-0.3, -0.25) is 4.79 Å². The lowest BCUT2D eigenvalue weighted by molar-refractivity contribution is -0.135. The van der Waals surface area contributed by atoms with E-state index in [9.17, 15) is 13.2 Å². The molecule has 0 radical (unpaired) electrons. The summed E-state index contributed by atoms with van der Waals surface area (Å²) in [6.45, 7) is 0.798. The number of benzene rings is 1. The number of hydrogen-bond acceptors (Lipinski definition) is 4. The van der Waals surface area contributed by atoms with E-state index in [1.165, 1.54) is 4.31 Å². The van der Waals surface area contributed by atoms with E-state index in [-0.39, 0.29) is 29.5 Å². The molecule has 6 nitrogen and oxygen atoms in total. The normalized spacial score (nSPS) is 26.9. The molecule has 1 aromatic carbocycles. The minimum atomic E-state index is -3.61. The Hall–Kier alpha value is -1.44. The van der Waals surface area contributed by atoms with Gasteiger partial charge in [-0.25, -0.2) is 8.42 Å². The molecule has 0 aliphatic carbocycles. The van der Waals surface area contributed by atoms with Gasteiger partial charge in [0.05, 0.1) is 17.5 Å². The van der Waals surface area contributed by atoms with E-state index in [2.05, 4.69) is 0 Å². The van der Waals surface area contributed by atoms with Crippen LogP contribution in [0.4, 0.5) is 0 Å². The summed E-state index contributed by atoms with van der Waals surface area (Å²) in [6.07, 6.45) is 0.682. The van der Waals surface area contributed by atoms with Crippen LogP contribution in [0.25, 0.3) is 0 Å². The predicted molar refractivity (Wildman–Crippen MR) is 76.1 cm³/mol. The van der Waals surface area contributed by atoms with Crippen LogP contribution < -0.4 is 0 Å². The van der Waals surface area contributed by atoms with Crippen molar-refractivity contribution in [3.63, 3.8) is 0 Å². The molecular weight excluding hydrogens is 292 g/mol. The highest BCUT2D eigenvalue weighted by atomic mass is 32.2. The number of methoxy groups -OCH3 is 1. The Morgan fingerprint density at radius 2 is 1.90 bits per heavy atom. The molecule has 1 aromatic rings. The lowest BCUT2D eigenvalue weighted by atomic mass is 10.2. The molecule has 2 atom stereocenters. The number of ether oxygens (including phenoxy) is 1. The number of piperazine rings is 1. The predicted octanol–water partition coefficient (Wildman–Crippen LogP) is 0.307. The molecule has 0 spiro atoms. The molecule has 2 saturated heterocycles. The molecule has 2 fully saturated rings. The van der Waals surface area contributed by atoms with Gasteiger partial charge in [0.25, 0.3) is 0 Å². The first-order chi connectivity index (χ1) is 10.0. The maximum absolute atomic E-state index is 12.6. The highest BCUT2D eigenvalue weighted by Gasteiger charge is 2.43. The number of rotatable bonds is 3. The number of fused-ring (bicyclic) bond motifs is 1. The highest BCUT2D eigenvalue weighted by molar-refractivity contribution is 7.89. The van der Waals surface area contributed by atoms with Gasteiger partial charge >= 0.3 is 0 Å². The summed E-state index contributed by atoms with van der Waals surface area (Å²) < 4.78 is 31.8. The zero-order valence-electron chi connectivity index (χ0n) is 11.8. The highest BCUT2D eigenvalue weighted by Crippen LogP contribution is 2.27. The molecule has 3 rings (SSSR count). The van der Waals surface area contributed by atoms with Crippen molar-refractivity contribution in [3.8, 4) is 0 Å². The minimum absolute atomic E-state index is 0.00155. The molecule has 0 unspecified atom stereocenters. The van der Waals surface area contributed by atoms with E-state index in [4.69, 9.17) is 4.74 Å². The zero-order chi connectivity index (χ0) is 15.0. The molecule has 2 heterocycles. The van der Waals surface area contributed by atoms with Crippen LogP contribution in [0, 0.1) is 0 Å². The second kappa shape index (κ2) is 5.40. The Kier molecular flexibility index (Phi) is 3.73. The van der Waals surface area contributed by atoms with Gasteiger partial charge in [0, 0.05) is 26.2 Å². The molecule has 0 saturated carbocycles.